The third-order valence-electron chi connectivity index (χ3n) is 3.52. The number of benzene rings is 1. The molecule has 1 atom stereocenters. The number of nitrogens with zero attached hydrogens (tertiary/aromatic N) is 2. The highest BCUT2D eigenvalue weighted by molar-refractivity contribution is 5.83. The number of rotatable bonds is 7. The molecule has 0 unspecified atom stereocenters. The van der Waals surface area contributed by atoms with Gasteiger partial charge in [0, 0.05) is 27.1 Å². The summed E-state index contributed by atoms with van der Waals surface area (Å²) >= 11 is 0. The summed E-state index contributed by atoms with van der Waals surface area (Å²) in [5.41, 5.74) is 2.14. The molecule has 0 saturated heterocycles. The fourth-order valence-corrected chi connectivity index (χ4v) is 2.20. The average Bonchev–Trinajstić information content (AvgIpc) is 2.45. The molecule has 0 spiro atoms. The Kier molecular flexibility index (Phi) is 7.05. The number of aryl methyl sites for hydroxylation is 1. The van der Waals surface area contributed by atoms with Gasteiger partial charge in [-0.3, -0.25) is 14.5 Å². The van der Waals surface area contributed by atoms with Crippen molar-refractivity contribution in [3.05, 3.63) is 35.4 Å². The Labute approximate surface area is 133 Å². The average molecular weight is 305 g/mol. The molecule has 22 heavy (non-hydrogen) atoms. The molecule has 5 nitrogen and oxygen atoms in total. The Hall–Kier alpha value is -1.88. The molecule has 1 aromatic carbocycles. The standard InChI is InChI=1S/C17H27N3O2/c1-13-8-10-14(11-9-13)16(20(4)5)17(22)18-12-6-7-15(21)19(2)3/h8-11,16H,6-7,12H2,1-5H3,(H,18,22)/t16-/m0/s1. The van der Waals surface area contributed by atoms with Crippen molar-refractivity contribution in [2.24, 2.45) is 0 Å². The van der Waals surface area contributed by atoms with Crippen LogP contribution in [0.3, 0.4) is 0 Å². The molecule has 0 bridgehead atoms. The summed E-state index contributed by atoms with van der Waals surface area (Å²) in [5.74, 6) is 0.0445. The Bertz CT molecular complexity index is 495. The van der Waals surface area contributed by atoms with Gasteiger partial charge in [0.2, 0.25) is 11.8 Å². The first-order valence-corrected chi connectivity index (χ1v) is 7.53. The molecule has 0 aliphatic rings. The highest BCUT2D eigenvalue weighted by atomic mass is 16.2. The smallest absolute Gasteiger partial charge is 0.241 e. The molecule has 0 aliphatic heterocycles. The van der Waals surface area contributed by atoms with Crippen LogP contribution in [0.25, 0.3) is 0 Å². The molecular weight excluding hydrogens is 278 g/mol. The van der Waals surface area contributed by atoms with Gasteiger partial charge in [-0.25, -0.2) is 0 Å². The van der Waals surface area contributed by atoms with Crippen molar-refractivity contribution >= 4 is 11.8 Å². The van der Waals surface area contributed by atoms with Crippen LogP contribution in [0, 0.1) is 6.92 Å². The third-order valence-corrected chi connectivity index (χ3v) is 3.52. The van der Waals surface area contributed by atoms with Gasteiger partial charge < -0.3 is 10.2 Å². The van der Waals surface area contributed by atoms with E-state index < -0.39 is 0 Å². The molecular formula is C17H27N3O2. The number of carbonyl (C=O) groups is 2. The maximum Gasteiger partial charge on any atom is 0.241 e. The zero-order valence-electron chi connectivity index (χ0n) is 14.2. The molecule has 1 aromatic rings. The van der Waals surface area contributed by atoms with Crippen LogP contribution in [0.4, 0.5) is 0 Å². The lowest BCUT2D eigenvalue weighted by atomic mass is 10.0. The molecule has 0 heterocycles. The second-order valence-electron chi connectivity index (χ2n) is 5.96. The van der Waals surface area contributed by atoms with Gasteiger partial charge >= 0.3 is 0 Å². The van der Waals surface area contributed by atoms with Crippen molar-refractivity contribution in [3.63, 3.8) is 0 Å². The van der Waals surface area contributed by atoms with E-state index in [1.54, 1.807) is 19.0 Å². The molecule has 2 amide bonds. The second-order valence-corrected chi connectivity index (χ2v) is 5.96. The van der Waals surface area contributed by atoms with Gasteiger partial charge in [0.15, 0.2) is 0 Å². The van der Waals surface area contributed by atoms with E-state index in [0.717, 1.165) is 5.56 Å². The zero-order chi connectivity index (χ0) is 16.7. The molecule has 5 heteroatoms. The van der Waals surface area contributed by atoms with E-state index in [-0.39, 0.29) is 17.9 Å². The molecule has 122 valence electrons. The lowest BCUT2D eigenvalue weighted by Crippen LogP contribution is -2.37. The summed E-state index contributed by atoms with van der Waals surface area (Å²) in [6.07, 6.45) is 1.10. The minimum absolute atomic E-state index is 0.0360. The highest BCUT2D eigenvalue weighted by Crippen LogP contribution is 2.18. The Morgan fingerprint density at radius 1 is 1.09 bits per heavy atom. The van der Waals surface area contributed by atoms with Crippen LogP contribution in [0.5, 0.6) is 0 Å². The fraction of sp³-hybridized carbons (Fsp3) is 0.529. The maximum absolute atomic E-state index is 12.4. The number of amides is 2. The first-order chi connectivity index (χ1) is 10.3. The minimum Gasteiger partial charge on any atom is -0.354 e. The number of nitrogens with one attached hydrogen (secondary N) is 1. The predicted octanol–water partition coefficient (Wildman–Crippen LogP) is 1.58. The lowest BCUT2D eigenvalue weighted by Gasteiger charge is -2.24. The van der Waals surface area contributed by atoms with Crippen LogP contribution >= 0.6 is 0 Å². The number of carbonyl (C=O) groups excluding carboxylic acids is 2. The van der Waals surface area contributed by atoms with E-state index in [2.05, 4.69) is 5.32 Å². The molecule has 0 aromatic heterocycles. The molecule has 1 rings (SSSR count). The highest BCUT2D eigenvalue weighted by Gasteiger charge is 2.22. The SMILES string of the molecule is Cc1ccc([C@@H](C(=O)NCCCC(=O)N(C)C)N(C)C)cc1. The van der Waals surface area contributed by atoms with Crippen LogP contribution in [-0.2, 0) is 9.59 Å². The van der Waals surface area contributed by atoms with Crippen molar-refractivity contribution in [1.29, 1.82) is 0 Å². The van der Waals surface area contributed by atoms with Crippen LogP contribution in [-0.4, -0.2) is 56.3 Å². The molecule has 1 N–H and O–H groups in total. The molecule has 0 saturated carbocycles. The van der Waals surface area contributed by atoms with E-state index in [0.29, 0.717) is 19.4 Å². The van der Waals surface area contributed by atoms with Crippen molar-refractivity contribution in [2.75, 3.05) is 34.7 Å². The van der Waals surface area contributed by atoms with Crippen molar-refractivity contribution < 1.29 is 9.59 Å². The molecule has 0 aliphatic carbocycles. The van der Waals surface area contributed by atoms with Crippen LogP contribution in [0.1, 0.15) is 30.0 Å². The van der Waals surface area contributed by atoms with Gasteiger partial charge in [0.1, 0.15) is 6.04 Å². The summed E-state index contributed by atoms with van der Waals surface area (Å²) in [6.45, 7) is 2.53. The minimum atomic E-state index is -0.315. The van der Waals surface area contributed by atoms with Gasteiger partial charge in [-0.2, -0.15) is 0 Å². The first kappa shape index (κ1) is 18.2. The summed E-state index contributed by atoms with van der Waals surface area (Å²) < 4.78 is 0. The zero-order valence-corrected chi connectivity index (χ0v) is 14.2. The maximum atomic E-state index is 12.4. The second kappa shape index (κ2) is 8.54. The van der Waals surface area contributed by atoms with Gasteiger partial charge in [0.25, 0.3) is 0 Å². The number of likely N-dealkylation sites (N-methyl/N-ethyl adjacent to an activating group) is 1. The summed E-state index contributed by atoms with van der Waals surface area (Å²) in [6, 6.07) is 7.67. The van der Waals surface area contributed by atoms with E-state index in [1.807, 2.05) is 50.2 Å². The molecule has 0 fully saturated rings. The number of hydrogen-bond acceptors (Lipinski definition) is 3. The van der Waals surface area contributed by atoms with Gasteiger partial charge in [-0.1, -0.05) is 29.8 Å². The van der Waals surface area contributed by atoms with Gasteiger partial charge in [-0.15, -0.1) is 0 Å². The number of hydrogen-bond donors (Lipinski definition) is 1. The summed E-state index contributed by atoms with van der Waals surface area (Å²) in [7, 11) is 7.25. The monoisotopic (exact) mass is 305 g/mol. The molecule has 0 radical (unpaired) electrons. The van der Waals surface area contributed by atoms with Crippen LogP contribution < -0.4 is 5.32 Å². The summed E-state index contributed by atoms with van der Waals surface area (Å²) in [4.78, 5) is 27.3. The normalized spacial score (nSPS) is 12.1. The van der Waals surface area contributed by atoms with Gasteiger partial charge in [-0.05, 0) is 33.0 Å². The van der Waals surface area contributed by atoms with E-state index in [9.17, 15) is 9.59 Å². The van der Waals surface area contributed by atoms with Crippen LogP contribution in [0.2, 0.25) is 0 Å². The quantitative estimate of drug-likeness (QED) is 0.778. The fourth-order valence-electron chi connectivity index (χ4n) is 2.20. The Morgan fingerprint density at radius 2 is 1.68 bits per heavy atom. The van der Waals surface area contributed by atoms with E-state index >= 15 is 0 Å². The van der Waals surface area contributed by atoms with E-state index in [1.165, 1.54) is 5.56 Å². The predicted molar refractivity (Wildman–Crippen MR) is 88.5 cm³/mol. The Balaban J connectivity index is 2.56. The Morgan fingerprint density at radius 3 is 2.18 bits per heavy atom. The van der Waals surface area contributed by atoms with Gasteiger partial charge in [0.05, 0.1) is 0 Å². The van der Waals surface area contributed by atoms with Crippen LogP contribution in [0.15, 0.2) is 24.3 Å². The summed E-state index contributed by atoms with van der Waals surface area (Å²) in [5, 5.41) is 2.92. The topological polar surface area (TPSA) is 52.7 Å². The lowest BCUT2D eigenvalue weighted by molar-refractivity contribution is -0.129. The first-order valence-electron chi connectivity index (χ1n) is 7.53. The third kappa shape index (κ3) is 5.48. The van der Waals surface area contributed by atoms with E-state index in [4.69, 9.17) is 0 Å². The van der Waals surface area contributed by atoms with Crippen molar-refractivity contribution in [3.8, 4) is 0 Å². The van der Waals surface area contributed by atoms with Crippen molar-refractivity contribution in [2.45, 2.75) is 25.8 Å². The largest absolute Gasteiger partial charge is 0.354 e. The van der Waals surface area contributed by atoms with Crippen molar-refractivity contribution in [1.82, 2.24) is 15.1 Å².